The lowest BCUT2D eigenvalue weighted by Gasteiger charge is -2.45. The molecule has 1 heterocycles. The van der Waals surface area contributed by atoms with Gasteiger partial charge < -0.3 is 14.4 Å². The number of nitrogens with zero attached hydrogens (tertiary/aromatic N) is 2. The molecular weight excluding hydrogens is 360 g/mol. The Hall–Kier alpha value is -2.33. The lowest BCUT2D eigenvalue weighted by molar-refractivity contribution is -0.0839. The van der Waals surface area contributed by atoms with E-state index in [1.807, 2.05) is 12.3 Å². The fourth-order valence-corrected chi connectivity index (χ4v) is 4.44. The molecule has 0 saturated carbocycles. The predicted molar refractivity (Wildman–Crippen MR) is 122 cm³/mol. The zero-order valence-electron chi connectivity index (χ0n) is 18.4. The second kappa shape index (κ2) is 9.00. The van der Waals surface area contributed by atoms with Crippen molar-refractivity contribution in [2.75, 3.05) is 39.3 Å². The zero-order chi connectivity index (χ0) is 20.9. The van der Waals surface area contributed by atoms with Crippen molar-refractivity contribution in [3.63, 3.8) is 0 Å². The molecule has 156 valence electrons. The number of ether oxygens (including phenoxy) is 2. The van der Waals surface area contributed by atoms with Crippen molar-refractivity contribution in [3.05, 3.63) is 59.7 Å². The first-order chi connectivity index (χ1) is 13.9. The minimum Gasteiger partial charge on any atom is -0.496 e. The van der Waals surface area contributed by atoms with Crippen LogP contribution in [0.25, 0.3) is 0 Å². The number of hydrogen-bond acceptors (Lipinski definition) is 4. The Morgan fingerprint density at radius 2 is 1.83 bits per heavy atom. The minimum absolute atomic E-state index is 0.0144. The Labute approximate surface area is 175 Å². The molecule has 0 unspecified atom stereocenters. The van der Waals surface area contributed by atoms with Crippen LogP contribution in [0.4, 0.5) is 5.69 Å². The number of rotatable bonds is 7. The standard InChI is InChI=1S/C25H34N2O2/c1-24(2)19-25(15-17-29-24,22-8-6-7-9-23(22)28-5)14-16-26-18-20-10-12-21(13-11-20)27(3)4/h6-13,18H,14-17,19H2,1-5H3/t25-/m0/s1. The van der Waals surface area contributed by atoms with E-state index in [0.717, 1.165) is 43.7 Å². The van der Waals surface area contributed by atoms with Crippen LogP contribution in [0.2, 0.25) is 0 Å². The maximum absolute atomic E-state index is 6.04. The molecule has 0 N–H and O–H groups in total. The van der Waals surface area contributed by atoms with Gasteiger partial charge in [-0.25, -0.2) is 0 Å². The lowest BCUT2D eigenvalue weighted by Crippen LogP contribution is -2.44. The molecule has 1 aliphatic rings. The Kier molecular flexibility index (Phi) is 6.63. The van der Waals surface area contributed by atoms with Crippen LogP contribution in [-0.4, -0.2) is 46.2 Å². The van der Waals surface area contributed by atoms with Crippen LogP contribution in [0.5, 0.6) is 5.75 Å². The minimum atomic E-state index is -0.148. The second-order valence-corrected chi connectivity index (χ2v) is 8.79. The van der Waals surface area contributed by atoms with Gasteiger partial charge in [-0.3, -0.25) is 4.99 Å². The molecule has 0 amide bonds. The highest BCUT2D eigenvalue weighted by atomic mass is 16.5. The molecule has 3 rings (SSSR count). The molecule has 4 heteroatoms. The summed E-state index contributed by atoms with van der Waals surface area (Å²) in [5.74, 6) is 0.966. The van der Waals surface area contributed by atoms with Crippen molar-refractivity contribution in [3.8, 4) is 5.75 Å². The summed E-state index contributed by atoms with van der Waals surface area (Å²) in [6.07, 6.45) is 4.92. The second-order valence-electron chi connectivity index (χ2n) is 8.79. The van der Waals surface area contributed by atoms with E-state index in [1.165, 1.54) is 11.3 Å². The van der Waals surface area contributed by atoms with Crippen LogP contribution in [0.15, 0.2) is 53.5 Å². The smallest absolute Gasteiger partial charge is 0.122 e. The Bertz CT molecular complexity index is 827. The molecule has 0 radical (unpaired) electrons. The normalized spacial score (nSPS) is 21.3. The van der Waals surface area contributed by atoms with Gasteiger partial charge in [0.05, 0.1) is 12.7 Å². The van der Waals surface area contributed by atoms with Gasteiger partial charge in [0.2, 0.25) is 0 Å². The summed E-state index contributed by atoms with van der Waals surface area (Å²) in [6, 6.07) is 16.9. The van der Waals surface area contributed by atoms with Gasteiger partial charge in [0, 0.05) is 50.1 Å². The largest absolute Gasteiger partial charge is 0.496 e. The van der Waals surface area contributed by atoms with Gasteiger partial charge in [-0.15, -0.1) is 0 Å². The van der Waals surface area contributed by atoms with Crippen LogP contribution in [-0.2, 0) is 10.2 Å². The maximum Gasteiger partial charge on any atom is 0.122 e. The number of hydrogen-bond donors (Lipinski definition) is 0. The first kappa shape index (κ1) is 21.4. The zero-order valence-corrected chi connectivity index (χ0v) is 18.4. The average molecular weight is 395 g/mol. The number of benzene rings is 2. The summed E-state index contributed by atoms with van der Waals surface area (Å²) in [6.45, 7) is 5.92. The Balaban J connectivity index is 1.77. The van der Waals surface area contributed by atoms with Crippen LogP contribution in [0.1, 0.15) is 44.2 Å². The molecule has 1 fully saturated rings. The monoisotopic (exact) mass is 394 g/mol. The number of methoxy groups -OCH3 is 1. The van der Waals surface area contributed by atoms with Crippen molar-refractivity contribution in [2.24, 2.45) is 4.99 Å². The molecule has 2 aromatic rings. The average Bonchev–Trinajstić information content (AvgIpc) is 2.71. The summed E-state index contributed by atoms with van der Waals surface area (Å²) < 4.78 is 11.8. The number of anilines is 1. The first-order valence-corrected chi connectivity index (χ1v) is 10.4. The lowest BCUT2D eigenvalue weighted by atomic mass is 9.67. The van der Waals surface area contributed by atoms with Gasteiger partial charge >= 0.3 is 0 Å². The number of para-hydroxylation sites is 1. The molecule has 0 spiro atoms. The van der Waals surface area contributed by atoms with E-state index in [2.05, 4.69) is 75.3 Å². The molecule has 1 aliphatic heterocycles. The van der Waals surface area contributed by atoms with E-state index in [1.54, 1.807) is 7.11 Å². The van der Waals surface area contributed by atoms with E-state index >= 15 is 0 Å². The highest BCUT2D eigenvalue weighted by Gasteiger charge is 2.43. The fourth-order valence-electron chi connectivity index (χ4n) is 4.44. The van der Waals surface area contributed by atoms with E-state index < -0.39 is 0 Å². The quantitative estimate of drug-likeness (QED) is 0.613. The molecule has 1 saturated heterocycles. The van der Waals surface area contributed by atoms with Crippen molar-refractivity contribution in [2.45, 2.75) is 44.1 Å². The highest BCUT2D eigenvalue weighted by Crippen LogP contribution is 2.47. The Morgan fingerprint density at radius 3 is 2.48 bits per heavy atom. The van der Waals surface area contributed by atoms with Gasteiger partial charge in [0.15, 0.2) is 0 Å². The Morgan fingerprint density at radius 1 is 1.10 bits per heavy atom. The van der Waals surface area contributed by atoms with E-state index in [0.29, 0.717) is 0 Å². The van der Waals surface area contributed by atoms with Crippen molar-refractivity contribution < 1.29 is 9.47 Å². The van der Waals surface area contributed by atoms with Crippen molar-refractivity contribution >= 4 is 11.9 Å². The van der Waals surface area contributed by atoms with Gasteiger partial charge in [-0.2, -0.15) is 0 Å². The first-order valence-electron chi connectivity index (χ1n) is 10.4. The van der Waals surface area contributed by atoms with Gasteiger partial charge in [-0.1, -0.05) is 30.3 Å². The summed E-state index contributed by atoms with van der Waals surface area (Å²) in [4.78, 5) is 6.87. The van der Waals surface area contributed by atoms with Crippen LogP contribution < -0.4 is 9.64 Å². The van der Waals surface area contributed by atoms with Gasteiger partial charge in [0.25, 0.3) is 0 Å². The van der Waals surface area contributed by atoms with Crippen molar-refractivity contribution in [1.29, 1.82) is 0 Å². The van der Waals surface area contributed by atoms with E-state index in [9.17, 15) is 0 Å². The third-order valence-corrected chi connectivity index (χ3v) is 5.89. The third-order valence-electron chi connectivity index (χ3n) is 5.89. The number of aliphatic imine (C=N–C) groups is 1. The fraction of sp³-hybridized carbons (Fsp3) is 0.480. The molecule has 2 aromatic carbocycles. The maximum atomic E-state index is 6.04. The molecule has 4 nitrogen and oxygen atoms in total. The van der Waals surface area contributed by atoms with Crippen LogP contribution in [0.3, 0.4) is 0 Å². The SMILES string of the molecule is COc1ccccc1[C@@]1(CCN=Cc2ccc(N(C)C)cc2)CCOC(C)(C)C1. The highest BCUT2D eigenvalue weighted by molar-refractivity contribution is 5.80. The molecular formula is C25H34N2O2. The molecule has 29 heavy (non-hydrogen) atoms. The van der Waals surface area contributed by atoms with Gasteiger partial charge in [0.1, 0.15) is 5.75 Å². The van der Waals surface area contributed by atoms with E-state index in [-0.39, 0.29) is 11.0 Å². The summed E-state index contributed by atoms with van der Waals surface area (Å²) >= 11 is 0. The third kappa shape index (κ3) is 5.18. The predicted octanol–water partition coefficient (Wildman–Crippen LogP) is 5.10. The molecule has 0 aliphatic carbocycles. The summed E-state index contributed by atoms with van der Waals surface area (Å²) in [7, 11) is 5.86. The van der Waals surface area contributed by atoms with Crippen molar-refractivity contribution in [1.82, 2.24) is 0 Å². The van der Waals surface area contributed by atoms with Crippen LogP contribution >= 0.6 is 0 Å². The summed E-state index contributed by atoms with van der Waals surface area (Å²) in [5.41, 5.74) is 3.48. The van der Waals surface area contributed by atoms with Crippen LogP contribution in [0, 0.1) is 0 Å². The molecule has 0 bridgehead atoms. The van der Waals surface area contributed by atoms with Gasteiger partial charge in [-0.05, 0) is 56.9 Å². The molecule has 1 atom stereocenters. The summed E-state index contributed by atoms with van der Waals surface area (Å²) in [5, 5.41) is 0. The topological polar surface area (TPSA) is 34.1 Å². The molecule has 0 aromatic heterocycles. The van der Waals surface area contributed by atoms with E-state index in [4.69, 9.17) is 14.5 Å².